The van der Waals surface area contributed by atoms with E-state index in [9.17, 15) is 0 Å². The Balaban J connectivity index is 1.40. The van der Waals surface area contributed by atoms with Gasteiger partial charge in [0.1, 0.15) is 12.1 Å². The molecule has 0 aromatic carbocycles. The van der Waals surface area contributed by atoms with E-state index < -0.39 is 0 Å². The molecule has 1 aliphatic heterocycles. The Morgan fingerprint density at radius 2 is 1.86 bits per heavy atom. The van der Waals surface area contributed by atoms with Gasteiger partial charge < -0.3 is 4.90 Å². The zero-order chi connectivity index (χ0) is 19.3. The Morgan fingerprint density at radius 1 is 1.04 bits per heavy atom. The van der Waals surface area contributed by atoms with Gasteiger partial charge in [-0.25, -0.2) is 9.97 Å². The van der Waals surface area contributed by atoms with Crippen LogP contribution in [0.5, 0.6) is 0 Å². The van der Waals surface area contributed by atoms with Crippen LogP contribution >= 0.6 is 11.3 Å². The molecule has 0 bridgehead atoms. The van der Waals surface area contributed by atoms with Gasteiger partial charge in [0.15, 0.2) is 11.5 Å². The third-order valence-electron chi connectivity index (χ3n) is 5.44. The molecular weight excluding hydrogens is 370 g/mol. The lowest BCUT2D eigenvalue weighted by Gasteiger charge is -2.32. The van der Waals surface area contributed by atoms with Gasteiger partial charge in [-0.3, -0.25) is 0 Å². The predicted octanol–water partition coefficient (Wildman–Crippen LogP) is 3.81. The van der Waals surface area contributed by atoms with Gasteiger partial charge in [-0.15, -0.1) is 21.5 Å². The Morgan fingerprint density at radius 3 is 2.64 bits per heavy atom. The zero-order valence-corrected chi connectivity index (χ0v) is 17.1. The van der Waals surface area contributed by atoms with Gasteiger partial charge in [0.25, 0.3) is 0 Å². The molecule has 0 aliphatic carbocycles. The quantitative estimate of drug-likeness (QED) is 0.516. The maximum atomic E-state index is 4.85. The third-order valence-corrected chi connectivity index (χ3v) is 6.34. The van der Waals surface area contributed by atoms with Crippen LogP contribution in [0.15, 0.2) is 29.9 Å². The minimum Gasteiger partial charge on any atom is -0.355 e. The fourth-order valence-corrected chi connectivity index (χ4v) is 4.67. The van der Waals surface area contributed by atoms with E-state index in [1.54, 1.807) is 17.7 Å². The SMILES string of the molecule is CC(C)(C)c1ccc2nnc(C3CCN(c4ncnc5ccsc45)CC3)n2n1. The largest absolute Gasteiger partial charge is 0.355 e. The number of hydrogen-bond donors (Lipinski definition) is 0. The van der Waals surface area contributed by atoms with E-state index in [-0.39, 0.29) is 5.41 Å². The van der Waals surface area contributed by atoms with Crippen LogP contribution in [0.2, 0.25) is 0 Å². The van der Waals surface area contributed by atoms with Gasteiger partial charge in [0, 0.05) is 24.4 Å². The van der Waals surface area contributed by atoms with Crippen molar-refractivity contribution < 1.29 is 0 Å². The summed E-state index contributed by atoms with van der Waals surface area (Å²) in [4.78, 5) is 11.3. The molecule has 1 fully saturated rings. The van der Waals surface area contributed by atoms with Crippen molar-refractivity contribution in [1.29, 1.82) is 0 Å². The van der Waals surface area contributed by atoms with E-state index in [4.69, 9.17) is 5.10 Å². The first kappa shape index (κ1) is 17.5. The van der Waals surface area contributed by atoms with Crippen molar-refractivity contribution in [2.75, 3.05) is 18.0 Å². The average Bonchev–Trinajstić information content (AvgIpc) is 3.33. The van der Waals surface area contributed by atoms with Crippen molar-refractivity contribution in [3.05, 3.63) is 41.4 Å². The molecule has 1 aliphatic rings. The number of aromatic nitrogens is 6. The molecule has 144 valence electrons. The summed E-state index contributed by atoms with van der Waals surface area (Å²) >= 11 is 1.71. The summed E-state index contributed by atoms with van der Waals surface area (Å²) in [6.45, 7) is 8.43. The van der Waals surface area contributed by atoms with Crippen molar-refractivity contribution in [2.24, 2.45) is 0 Å². The van der Waals surface area contributed by atoms with Crippen LogP contribution in [0.1, 0.15) is 51.0 Å². The van der Waals surface area contributed by atoms with Crippen LogP contribution in [0, 0.1) is 0 Å². The molecule has 8 heteroatoms. The Hall–Kier alpha value is -2.61. The van der Waals surface area contributed by atoms with Gasteiger partial charge in [-0.1, -0.05) is 20.8 Å². The molecule has 5 rings (SSSR count). The van der Waals surface area contributed by atoms with Crippen molar-refractivity contribution >= 4 is 33.0 Å². The molecule has 7 nitrogen and oxygen atoms in total. The van der Waals surface area contributed by atoms with Crippen LogP contribution in [-0.4, -0.2) is 42.9 Å². The summed E-state index contributed by atoms with van der Waals surface area (Å²) in [5.74, 6) is 2.39. The lowest BCUT2D eigenvalue weighted by molar-refractivity contribution is 0.471. The van der Waals surface area contributed by atoms with Crippen LogP contribution in [0.3, 0.4) is 0 Å². The molecule has 28 heavy (non-hydrogen) atoms. The summed E-state index contributed by atoms with van der Waals surface area (Å²) in [5, 5.41) is 15.8. The fraction of sp³-hybridized carbons (Fsp3) is 0.450. The normalized spacial score (nSPS) is 16.3. The molecule has 0 saturated carbocycles. The second-order valence-corrected chi connectivity index (χ2v) is 9.31. The van der Waals surface area contributed by atoms with Crippen molar-refractivity contribution in [3.63, 3.8) is 0 Å². The molecule has 0 amide bonds. The fourth-order valence-electron chi connectivity index (χ4n) is 3.81. The number of nitrogens with zero attached hydrogens (tertiary/aromatic N) is 7. The highest BCUT2D eigenvalue weighted by Crippen LogP contribution is 2.33. The molecule has 4 aromatic rings. The van der Waals surface area contributed by atoms with Gasteiger partial charge in [0.2, 0.25) is 0 Å². The molecule has 0 spiro atoms. The van der Waals surface area contributed by atoms with E-state index >= 15 is 0 Å². The van der Waals surface area contributed by atoms with E-state index in [0.29, 0.717) is 5.92 Å². The first-order valence-electron chi connectivity index (χ1n) is 9.67. The van der Waals surface area contributed by atoms with Crippen molar-refractivity contribution in [1.82, 2.24) is 29.8 Å². The number of rotatable bonds is 2. The van der Waals surface area contributed by atoms with Gasteiger partial charge in [-0.05, 0) is 36.4 Å². The molecule has 0 atom stereocenters. The number of piperidine rings is 1. The van der Waals surface area contributed by atoms with Crippen LogP contribution in [0.25, 0.3) is 15.9 Å². The predicted molar refractivity (Wildman–Crippen MR) is 111 cm³/mol. The van der Waals surface area contributed by atoms with E-state index in [1.165, 1.54) is 4.70 Å². The van der Waals surface area contributed by atoms with E-state index in [1.807, 2.05) is 10.6 Å². The number of hydrogen-bond acceptors (Lipinski definition) is 7. The van der Waals surface area contributed by atoms with Crippen LogP contribution in [-0.2, 0) is 5.41 Å². The van der Waals surface area contributed by atoms with E-state index in [2.05, 4.69) is 63.3 Å². The van der Waals surface area contributed by atoms with Crippen molar-refractivity contribution in [3.8, 4) is 0 Å². The topological polar surface area (TPSA) is 72.1 Å². The highest BCUT2D eigenvalue weighted by molar-refractivity contribution is 7.17. The second-order valence-electron chi connectivity index (χ2n) is 8.39. The van der Waals surface area contributed by atoms with Gasteiger partial charge >= 0.3 is 0 Å². The van der Waals surface area contributed by atoms with Crippen LogP contribution in [0.4, 0.5) is 5.82 Å². The highest BCUT2D eigenvalue weighted by atomic mass is 32.1. The second kappa shape index (κ2) is 6.48. The maximum absolute atomic E-state index is 4.85. The smallest absolute Gasteiger partial charge is 0.177 e. The first-order valence-corrected chi connectivity index (χ1v) is 10.5. The monoisotopic (exact) mass is 393 g/mol. The lowest BCUT2D eigenvalue weighted by Crippen LogP contribution is -2.34. The number of anilines is 1. The summed E-state index contributed by atoms with van der Waals surface area (Å²) in [6.07, 6.45) is 3.69. The van der Waals surface area contributed by atoms with Gasteiger partial charge in [0.05, 0.1) is 15.9 Å². The van der Waals surface area contributed by atoms with Crippen LogP contribution < -0.4 is 4.90 Å². The minimum absolute atomic E-state index is 0.00180. The summed E-state index contributed by atoms with van der Waals surface area (Å²) in [5.41, 5.74) is 2.90. The molecule has 1 saturated heterocycles. The number of fused-ring (bicyclic) bond motifs is 2. The summed E-state index contributed by atoms with van der Waals surface area (Å²) < 4.78 is 3.12. The maximum Gasteiger partial charge on any atom is 0.177 e. The average molecular weight is 394 g/mol. The Bertz CT molecular complexity index is 1130. The molecule has 0 unspecified atom stereocenters. The van der Waals surface area contributed by atoms with Crippen molar-refractivity contribution in [2.45, 2.75) is 44.9 Å². The standard InChI is InChI=1S/C20H23N7S/c1-20(2,3)15-4-5-16-23-24-18(27(16)25-15)13-6-9-26(10-7-13)19-17-14(8-11-28-17)21-12-22-19/h4-5,8,11-13H,6-7,9-10H2,1-3H3. The Kier molecular flexibility index (Phi) is 4.04. The molecular formula is C20H23N7S. The summed E-state index contributed by atoms with van der Waals surface area (Å²) in [7, 11) is 0. The highest BCUT2D eigenvalue weighted by Gasteiger charge is 2.27. The molecule has 5 heterocycles. The number of thiophene rings is 1. The molecule has 0 radical (unpaired) electrons. The third kappa shape index (κ3) is 2.92. The first-order chi connectivity index (χ1) is 13.5. The summed E-state index contributed by atoms with van der Waals surface area (Å²) in [6, 6.07) is 6.13. The lowest BCUT2D eigenvalue weighted by atomic mass is 9.92. The molecule has 4 aromatic heterocycles. The van der Waals surface area contributed by atoms with E-state index in [0.717, 1.165) is 54.4 Å². The zero-order valence-electron chi connectivity index (χ0n) is 16.3. The minimum atomic E-state index is -0.00180. The van der Waals surface area contributed by atoms with Gasteiger partial charge in [-0.2, -0.15) is 9.61 Å². The Labute approximate surface area is 167 Å². The molecule has 0 N–H and O–H groups in total.